The van der Waals surface area contributed by atoms with E-state index in [4.69, 9.17) is 0 Å². The highest BCUT2D eigenvalue weighted by atomic mass is 28.3. The van der Waals surface area contributed by atoms with Crippen LogP contribution < -0.4 is 5.19 Å². The first kappa shape index (κ1) is 16.1. The van der Waals surface area contributed by atoms with Crippen LogP contribution in [-0.4, -0.2) is 8.07 Å². The fourth-order valence-electron chi connectivity index (χ4n) is 5.92. The minimum atomic E-state index is -2.06. The SMILES string of the molecule is CC1=C2C(=C3C(=C(C)c4ccccc43)[Si]2(C)c2ccccc2)c2ccccc21. The van der Waals surface area contributed by atoms with E-state index in [9.17, 15) is 0 Å². The number of hydrogen-bond acceptors (Lipinski definition) is 0. The molecule has 0 radical (unpaired) electrons. The van der Waals surface area contributed by atoms with Crippen molar-refractivity contribution in [3.8, 4) is 0 Å². The average molecular weight is 375 g/mol. The van der Waals surface area contributed by atoms with Gasteiger partial charge in [0, 0.05) is 0 Å². The lowest BCUT2D eigenvalue weighted by atomic mass is 9.97. The highest BCUT2D eigenvalue weighted by molar-refractivity contribution is 7.09. The molecule has 0 unspecified atom stereocenters. The minimum Gasteiger partial charge on any atom is -0.0624 e. The summed E-state index contributed by atoms with van der Waals surface area (Å²) in [6.07, 6.45) is 0. The molecular formula is C27H22Si. The summed E-state index contributed by atoms with van der Waals surface area (Å²) in [7, 11) is -2.06. The van der Waals surface area contributed by atoms with E-state index in [1.165, 1.54) is 49.7 Å². The molecule has 0 fully saturated rings. The summed E-state index contributed by atoms with van der Waals surface area (Å²) in [5, 5.41) is 4.80. The fourth-order valence-corrected chi connectivity index (χ4v) is 10.9. The molecular weight excluding hydrogens is 352 g/mol. The molecule has 1 heterocycles. The highest BCUT2D eigenvalue weighted by Gasteiger charge is 2.54. The maximum Gasteiger partial charge on any atom is 0.147 e. The Balaban J connectivity index is 1.81. The Kier molecular flexibility index (Phi) is 3.06. The van der Waals surface area contributed by atoms with Crippen LogP contribution in [-0.2, 0) is 0 Å². The van der Waals surface area contributed by atoms with Crippen molar-refractivity contribution in [3.63, 3.8) is 0 Å². The van der Waals surface area contributed by atoms with Gasteiger partial charge in [-0.1, -0.05) is 85.4 Å². The molecule has 28 heavy (non-hydrogen) atoms. The lowest BCUT2D eigenvalue weighted by Gasteiger charge is -2.29. The minimum absolute atomic E-state index is 1.43. The van der Waals surface area contributed by atoms with E-state index in [1.807, 2.05) is 0 Å². The van der Waals surface area contributed by atoms with Crippen LogP contribution >= 0.6 is 0 Å². The number of benzene rings is 3. The highest BCUT2D eigenvalue weighted by Crippen LogP contribution is 2.62. The summed E-state index contributed by atoms with van der Waals surface area (Å²) in [6, 6.07) is 29.3. The molecule has 0 aromatic heterocycles. The molecule has 0 saturated carbocycles. The van der Waals surface area contributed by atoms with Gasteiger partial charge in [0.05, 0.1) is 0 Å². The lowest BCUT2D eigenvalue weighted by Crippen LogP contribution is -2.47. The van der Waals surface area contributed by atoms with Crippen LogP contribution in [0.25, 0.3) is 22.3 Å². The van der Waals surface area contributed by atoms with Crippen molar-refractivity contribution in [2.45, 2.75) is 20.4 Å². The first-order chi connectivity index (χ1) is 13.6. The molecule has 0 N–H and O–H groups in total. The van der Waals surface area contributed by atoms with Crippen LogP contribution in [0.2, 0.25) is 6.55 Å². The van der Waals surface area contributed by atoms with E-state index in [1.54, 1.807) is 10.4 Å². The van der Waals surface area contributed by atoms with Crippen molar-refractivity contribution in [1.82, 2.24) is 0 Å². The summed E-state index contributed by atoms with van der Waals surface area (Å²) in [5.74, 6) is 0. The molecule has 0 saturated heterocycles. The van der Waals surface area contributed by atoms with Crippen LogP contribution in [0.4, 0.5) is 0 Å². The topological polar surface area (TPSA) is 0 Å². The Morgan fingerprint density at radius 1 is 0.500 bits per heavy atom. The van der Waals surface area contributed by atoms with Gasteiger partial charge in [-0.2, -0.15) is 0 Å². The van der Waals surface area contributed by atoms with Gasteiger partial charge >= 0.3 is 0 Å². The van der Waals surface area contributed by atoms with Crippen molar-refractivity contribution < 1.29 is 0 Å². The first-order valence-corrected chi connectivity index (χ1v) is 12.6. The van der Waals surface area contributed by atoms with Gasteiger partial charge < -0.3 is 0 Å². The second kappa shape index (κ2) is 5.33. The maximum atomic E-state index is 2.57. The van der Waals surface area contributed by atoms with Crippen LogP contribution in [0.1, 0.15) is 36.1 Å². The smallest absolute Gasteiger partial charge is 0.0624 e. The molecule has 0 amide bonds. The van der Waals surface area contributed by atoms with E-state index in [2.05, 4.69) is 99.3 Å². The van der Waals surface area contributed by atoms with Crippen molar-refractivity contribution in [3.05, 3.63) is 112 Å². The predicted octanol–water partition coefficient (Wildman–Crippen LogP) is 6.25. The van der Waals surface area contributed by atoms with Crippen molar-refractivity contribution in [2.75, 3.05) is 0 Å². The lowest BCUT2D eigenvalue weighted by molar-refractivity contribution is 1.55. The average Bonchev–Trinajstić information content (AvgIpc) is 3.31. The van der Waals surface area contributed by atoms with Gasteiger partial charge in [0.1, 0.15) is 8.07 Å². The fraction of sp³-hybridized carbons (Fsp3) is 0.111. The summed E-state index contributed by atoms with van der Waals surface area (Å²) in [5.41, 5.74) is 11.7. The Bertz CT molecular complexity index is 1190. The van der Waals surface area contributed by atoms with Gasteiger partial charge in [0.15, 0.2) is 0 Å². The second-order valence-corrected chi connectivity index (χ2v) is 12.2. The Hall–Kier alpha value is -2.90. The largest absolute Gasteiger partial charge is 0.147 e. The number of allylic oxidation sites excluding steroid dienone is 6. The molecule has 0 nitrogen and oxygen atoms in total. The van der Waals surface area contributed by atoms with E-state index in [-0.39, 0.29) is 0 Å². The molecule has 3 aliphatic rings. The number of fused-ring (bicyclic) bond motifs is 6. The Morgan fingerprint density at radius 2 is 0.893 bits per heavy atom. The number of hydrogen-bond donors (Lipinski definition) is 0. The van der Waals surface area contributed by atoms with Gasteiger partial charge in [-0.25, -0.2) is 0 Å². The van der Waals surface area contributed by atoms with Gasteiger partial charge in [0.2, 0.25) is 0 Å². The summed E-state index contributed by atoms with van der Waals surface area (Å²) in [6.45, 7) is 7.27. The molecule has 1 aliphatic heterocycles. The van der Waals surface area contributed by atoms with Crippen LogP contribution in [0.5, 0.6) is 0 Å². The third-order valence-electron chi connectivity index (χ3n) is 7.05. The standard InChI is InChI=1S/C27H22Si/c1-17-20-13-7-9-15-22(20)24-25-23-16-10-8-14-21(23)18(2)27(25)28(3,26(17)24)19-11-5-4-6-12-19/h4-16H,1-3H3. The van der Waals surface area contributed by atoms with Crippen molar-refractivity contribution >= 4 is 35.6 Å². The zero-order chi connectivity index (χ0) is 19.0. The van der Waals surface area contributed by atoms with E-state index >= 15 is 0 Å². The van der Waals surface area contributed by atoms with Crippen LogP contribution in [0.15, 0.2) is 89.3 Å². The third-order valence-corrected chi connectivity index (χ3v) is 11.8. The third kappa shape index (κ3) is 1.71. The van der Waals surface area contributed by atoms with E-state index in [0.717, 1.165) is 0 Å². The first-order valence-electron chi connectivity index (χ1n) is 10.1. The summed E-state index contributed by atoms with van der Waals surface area (Å²) >= 11 is 0. The zero-order valence-electron chi connectivity index (χ0n) is 16.5. The quantitative estimate of drug-likeness (QED) is 0.442. The second-order valence-electron chi connectivity index (χ2n) is 8.33. The van der Waals surface area contributed by atoms with Crippen molar-refractivity contribution in [2.24, 2.45) is 0 Å². The molecule has 3 aromatic rings. The normalized spacial score (nSPS) is 18.4. The molecule has 0 spiro atoms. The Morgan fingerprint density at radius 3 is 1.36 bits per heavy atom. The van der Waals surface area contributed by atoms with Crippen molar-refractivity contribution in [1.29, 1.82) is 0 Å². The molecule has 134 valence electrons. The van der Waals surface area contributed by atoms with Gasteiger partial charge in [0.25, 0.3) is 0 Å². The maximum absolute atomic E-state index is 2.57. The molecule has 3 aromatic carbocycles. The molecule has 1 heteroatoms. The van der Waals surface area contributed by atoms with Crippen LogP contribution in [0.3, 0.4) is 0 Å². The zero-order valence-corrected chi connectivity index (χ0v) is 17.5. The van der Waals surface area contributed by atoms with Gasteiger partial charge in [-0.15, -0.1) is 0 Å². The van der Waals surface area contributed by atoms with Gasteiger partial charge in [-0.3, -0.25) is 0 Å². The summed E-state index contributed by atoms with van der Waals surface area (Å²) in [4.78, 5) is 0. The number of rotatable bonds is 1. The van der Waals surface area contributed by atoms with E-state index in [0.29, 0.717) is 0 Å². The molecule has 0 bridgehead atoms. The summed E-state index contributed by atoms with van der Waals surface area (Å²) < 4.78 is 0. The van der Waals surface area contributed by atoms with Crippen LogP contribution in [0, 0.1) is 0 Å². The van der Waals surface area contributed by atoms with Gasteiger partial charge in [-0.05, 0) is 74.0 Å². The van der Waals surface area contributed by atoms with E-state index < -0.39 is 8.07 Å². The monoisotopic (exact) mass is 374 g/mol. The predicted molar refractivity (Wildman–Crippen MR) is 123 cm³/mol. The molecule has 6 rings (SSSR count). The molecule has 2 aliphatic carbocycles. The molecule has 0 atom stereocenters. The Labute approximate surface area is 167 Å².